The molecule has 2 heterocycles. The third-order valence-corrected chi connectivity index (χ3v) is 6.01. The number of aryl methyl sites for hydroxylation is 2. The first-order valence-electron chi connectivity index (χ1n) is 9.86. The minimum atomic E-state index is -0.201. The van der Waals surface area contributed by atoms with E-state index in [2.05, 4.69) is 27.9 Å². The average Bonchev–Trinajstić information content (AvgIpc) is 3.36. The molecule has 4 aromatic rings. The van der Waals surface area contributed by atoms with Gasteiger partial charge < -0.3 is 13.9 Å². The first kappa shape index (κ1) is 20.2. The summed E-state index contributed by atoms with van der Waals surface area (Å²) in [6.07, 6.45) is 1.71. The second-order valence-electron chi connectivity index (χ2n) is 6.99. The van der Waals surface area contributed by atoms with Crippen molar-refractivity contribution in [2.45, 2.75) is 26.2 Å². The number of esters is 1. The first-order valence-corrected chi connectivity index (χ1v) is 10.7. The molecule has 0 saturated heterocycles. The third-order valence-electron chi connectivity index (χ3n) is 4.91. The molecule has 0 aliphatic heterocycles. The standard InChI is InChI=1S/C24H23NO4S/c1-16-20(25-24(29-16)22-15-18-5-3-4-6-21(18)30-22)13-14-28-19-10-7-17(8-11-19)9-12-23(26)27-2/h3-8,10-11,15H,9,12-14H2,1-2H3. The number of rotatable bonds is 8. The van der Waals surface area contributed by atoms with Crippen LogP contribution in [0.3, 0.4) is 0 Å². The van der Waals surface area contributed by atoms with Crippen molar-refractivity contribution in [1.82, 2.24) is 4.98 Å². The van der Waals surface area contributed by atoms with Gasteiger partial charge in [0.05, 0.1) is 24.3 Å². The molecule has 0 saturated carbocycles. The van der Waals surface area contributed by atoms with Crippen molar-refractivity contribution in [3.8, 4) is 16.5 Å². The summed E-state index contributed by atoms with van der Waals surface area (Å²) in [7, 11) is 1.40. The van der Waals surface area contributed by atoms with Gasteiger partial charge in [0, 0.05) is 17.5 Å². The topological polar surface area (TPSA) is 61.6 Å². The number of carbonyl (C=O) groups excluding carboxylic acids is 1. The molecule has 0 atom stereocenters. The molecule has 0 spiro atoms. The lowest BCUT2D eigenvalue weighted by molar-refractivity contribution is -0.140. The summed E-state index contributed by atoms with van der Waals surface area (Å²) in [6.45, 7) is 2.45. The Hall–Kier alpha value is -3.12. The molecule has 0 amide bonds. The number of fused-ring (bicyclic) bond motifs is 1. The predicted octanol–water partition coefficient (Wildman–Crippen LogP) is 5.59. The Morgan fingerprint density at radius 2 is 1.90 bits per heavy atom. The first-order chi connectivity index (χ1) is 14.6. The van der Waals surface area contributed by atoms with Crippen LogP contribution >= 0.6 is 11.3 Å². The molecule has 0 radical (unpaired) electrons. The molecule has 0 unspecified atom stereocenters. The highest BCUT2D eigenvalue weighted by molar-refractivity contribution is 7.22. The SMILES string of the molecule is COC(=O)CCc1ccc(OCCc2nc(-c3cc4ccccc4s3)oc2C)cc1. The Morgan fingerprint density at radius 1 is 1.10 bits per heavy atom. The number of ether oxygens (including phenoxy) is 2. The van der Waals surface area contributed by atoms with E-state index in [4.69, 9.17) is 9.15 Å². The number of carbonyl (C=O) groups is 1. The van der Waals surface area contributed by atoms with Gasteiger partial charge in [0.1, 0.15) is 11.5 Å². The van der Waals surface area contributed by atoms with Crippen molar-refractivity contribution in [3.05, 3.63) is 71.6 Å². The van der Waals surface area contributed by atoms with Crippen LogP contribution in [0, 0.1) is 6.92 Å². The number of aromatic nitrogens is 1. The number of nitrogens with zero attached hydrogens (tertiary/aromatic N) is 1. The monoisotopic (exact) mass is 421 g/mol. The van der Waals surface area contributed by atoms with Crippen molar-refractivity contribution >= 4 is 27.4 Å². The maximum atomic E-state index is 11.2. The van der Waals surface area contributed by atoms with Crippen LogP contribution in [-0.2, 0) is 22.4 Å². The van der Waals surface area contributed by atoms with E-state index >= 15 is 0 Å². The van der Waals surface area contributed by atoms with Crippen LogP contribution in [0.25, 0.3) is 20.9 Å². The summed E-state index contributed by atoms with van der Waals surface area (Å²) < 4.78 is 17.7. The second-order valence-corrected chi connectivity index (χ2v) is 8.07. The Balaban J connectivity index is 1.34. The number of oxazole rings is 1. The van der Waals surface area contributed by atoms with Crippen molar-refractivity contribution in [2.24, 2.45) is 0 Å². The Labute approximate surface area is 179 Å². The van der Waals surface area contributed by atoms with Crippen molar-refractivity contribution < 1.29 is 18.7 Å². The molecule has 6 heteroatoms. The smallest absolute Gasteiger partial charge is 0.305 e. The van der Waals surface area contributed by atoms with E-state index in [-0.39, 0.29) is 5.97 Å². The number of hydrogen-bond acceptors (Lipinski definition) is 6. The van der Waals surface area contributed by atoms with E-state index in [1.165, 1.54) is 17.2 Å². The fourth-order valence-electron chi connectivity index (χ4n) is 3.22. The molecule has 0 N–H and O–H groups in total. The predicted molar refractivity (Wildman–Crippen MR) is 118 cm³/mol. The van der Waals surface area contributed by atoms with Crippen LogP contribution in [-0.4, -0.2) is 24.7 Å². The van der Waals surface area contributed by atoms with Crippen LogP contribution < -0.4 is 4.74 Å². The van der Waals surface area contributed by atoms with Gasteiger partial charge in [-0.1, -0.05) is 30.3 Å². The third kappa shape index (κ3) is 4.71. The van der Waals surface area contributed by atoms with E-state index < -0.39 is 0 Å². The van der Waals surface area contributed by atoms with Gasteiger partial charge in [-0.2, -0.15) is 0 Å². The molecule has 154 valence electrons. The van der Waals surface area contributed by atoms with Crippen molar-refractivity contribution in [1.29, 1.82) is 0 Å². The molecule has 0 fully saturated rings. The van der Waals surface area contributed by atoms with Gasteiger partial charge in [-0.15, -0.1) is 11.3 Å². The summed E-state index contributed by atoms with van der Waals surface area (Å²) >= 11 is 1.69. The van der Waals surface area contributed by atoms with Gasteiger partial charge in [0.25, 0.3) is 0 Å². The zero-order valence-electron chi connectivity index (χ0n) is 17.0. The van der Waals surface area contributed by atoms with Gasteiger partial charge in [-0.3, -0.25) is 4.79 Å². The molecule has 0 aliphatic rings. The fourth-order valence-corrected chi connectivity index (χ4v) is 4.21. The van der Waals surface area contributed by atoms with Gasteiger partial charge in [-0.05, 0) is 48.6 Å². The van der Waals surface area contributed by atoms with E-state index in [9.17, 15) is 4.79 Å². The highest BCUT2D eigenvalue weighted by Gasteiger charge is 2.14. The quantitative estimate of drug-likeness (QED) is 0.347. The molecule has 2 aromatic heterocycles. The van der Waals surface area contributed by atoms with E-state index in [0.29, 0.717) is 31.8 Å². The zero-order chi connectivity index (χ0) is 20.9. The van der Waals surface area contributed by atoms with Gasteiger partial charge >= 0.3 is 5.97 Å². The maximum Gasteiger partial charge on any atom is 0.305 e. The van der Waals surface area contributed by atoms with Crippen LogP contribution in [0.15, 0.2) is 59.0 Å². The molecule has 4 rings (SSSR count). The Kier molecular flexibility index (Phi) is 6.14. The number of methoxy groups -OCH3 is 1. The van der Waals surface area contributed by atoms with E-state index in [0.717, 1.165) is 27.6 Å². The number of benzene rings is 2. The molecular weight excluding hydrogens is 398 g/mol. The molecular formula is C24H23NO4S. The fraction of sp³-hybridized carbons (Fsp3) is 0.250. The second kappa shape index (κ2) is 9.13. The molecule has 5 nitrogen and oxygen atoms in total. The summed E-state index contributed by atoms with van der Waals surface area (Å²) in [5, 5.41) is 1.20. The van der Waals surface area contributed by atoms with E-state index in [1.807, 2.05) is 43.3 Å². The summed E-state index contributed by atoms with van der Waals surface area (Å²) in [5.41, 5.74) is 1.99. The lowest BCUT2D eigenvalue weighted by Gasteiger charge is -2.06. The molecule has 0 bridgehead atoms. The Morgan fingerprint density at radius 3 is 2.67 bits per heavy atom. The van der Waals surface area contributed by atoms with E-state index in [1.54, 1.807) is 11.3 Å². The van der Waals surface area contributed by atoms with Crippen molar-refractivity contribution in [2.75, 3.05) is 13.7 Å². The zero-order valence-corrected chi connectivity index (χ0v) is 17.8. The number of hydrogen-bond donors (Lipinski definition) is 0. The van der Waals surface area contributed by atoms with Gasteiger partial charge in [0.2, 0.25) is 5.89 Å². The summed E-state index contributed by atoms with van der Waals surface area (Å²) in [5.74, 6) is 2.08. The number of thiophene rings is 1. The average molecular weight is 422 g/mol. The van der Waals surface area contributed by atoms with Gasteiger partial charge in [-0.25, -0.2) is 4.98 Å². The van der Waals surface area contributed by atoms with Crippen molar-refractivity contribution in [3.63, 3.8) is 0 Å². The largest absolute Gasteiger partial charge is 0.493 e. The lowest BCUT2D eigenvalue weighted by atomic mass is 10.1. The highest BCUT2D eigenvalue weighted by atomic mass is 32.1. The lowest BCUT2D eigenvalue weighted by Crippen LogP contribution is -2.03. The minimum Gasteiger partial charge on any atom is -0.493 e. The molecule has 30 heavy (non-hydrogen) atoms. The van der Waals surface area contributed by atoms with Crippen LogP contribution in [0.4, 0.5) is 0 Å². The molecule has 0 aliphatic carbocycles. The maximum absolute atomic E-state index is 11.2. The van der Waals surface area contributed by atoms with Crippen LogP contribution in [0.2, 0.25) is 0 Å². The van der Waals surface area contributed by atoms with Crippen LogP contribution in [0.5, 0.6) is 5.75 Å². The highest BCUT2D eigenvalue weighted by Crippen LogP contribution is 2.33. The van der Waals surface area contributed by atoms with Gasteiger partial charge in [0.15, 0.2) is 0 Å². The van der Waals surface area contributed by atoms with Crippen LogP contribution in [0.1, 0.15) is 23.4 Å². The molecule has 2 aromatic carbocycles. The summed E-state index contributed by atoms with van der Waals surface area (Å²) in [4.78, 5) is 17.0. The Bertz CT molecular complexity index is 1110. The normalized spacial score (nSPS) is 11.0. The summed E-state index contributed by atoms with van der Waals surface area (Å²) in [6, 6.07) is 18.2. The minimum absolute atomic E-state index is 0.201.